The van der Waals surface area contributed by atoms with Gasteiger partial charge in [-0.3, -0.25) is 4.79 Å². The first-order chi connectivity index (χ1) is 14.1. The van der Waals surface area contributed by atoms with Crippen molar-refractivity contribution >= 4 is 32.3 Å². The molecule has 0 amide bonds. The zero-order valence-electron chi connectivity index (χ0n) is 17.1. The van der Waals surface area contributed by atoms with Gasteiger partial charge in [0.25, 0.3) is 5.56 Å². The third-order valence-corrected chi connectivity index (χ3v) is 7.77. The topological polar surface area (TPSA) is 42.1 Å². The molecule has 4 aromatic rings. The second-order valence-corrected chi connectivity index (χ2v) is 9.12. The summed E-state index contributed by atoms with van der Waals surface area (Å²) in [6, 6.07) is 13.1. The van der Waals surface area contributed by atoms with Gasteiger partial charge >= 0.3 is 0 Å². The largest absolute Gasteiger partial charge is 0.496 e. The van der Waals surface area contributed by atoms with Crippen molar-refractivity contribution in [1.29, 1.82) is 0 Å². The van der Waals surface area contributed by atoms with Crippen LogP contribution < -0.4 is 10.3 Å². The molecule has 1 saturated carbocycles. The van der Waals surface area contributed by atoms with Crippen molar-refractivity contribution in [3.63, 3.8) is 0 Å². The van der Waals surface area contributed by atoms with E-state index in [2.05, 4.69) is 42.2 Å². The number of aromatic nitrogens is 1. The second kappa shape index (κ2) is 6.74. The number of thiophene rings is 1. The quantitative estimate of drug-likeness (QED) is 0.419. The third kappa shape index (κ3) is 2.66. The molecule has 29 heavy (non-hydrogen) atoms. The van der Waals surface area contributed by atoms with Gasteiger partial charge in [-0.2, -0.15) is 0 Å². The van der Waals surface area contributed by atoms with Gasteiger partial charge in [0.1, 0.15) is 10.4 Å². The zero-order chi connectivity index (χ0) is 20.2. The lowest BCUT2D eigenvalue weighted by atomic mass is 9.63. The molecule has 0 unspecified atom stereocenters. The standard InChI is InChI=1S/C25H25NO2S/c1-4-25(11-5-12-25)17-8-6-16(7-9-17)20-19(28-3)14-15(2)22-21(20)18-10-13-29-23(18)24(27)26-22/h6-10,13-14H,4-5,11-12H2,1-3H3,(H,26,27). The number of methoxy groups -OCH3 is 1. The van der Waals surface area contributed by atoms with Crippen molar-refractivity contribution in [2.45, 2.75) is 44.9 Å². The van der Waals surface area contributed by atoms with Crippen molar-refractivity contribution in [2.75, 3.05) is 7.11 Å². The maximum absolute atomic E-state index is 12.6. The van der Waals surface area contributed by atoms with Crippen LogP contribution in [-0.4, -0.2) is 12.1 Å². The molecule has 2 aromatic heterocycles. The van der Waals surface area contributed by atoms with Crippen molar-refractivity contribution in [2.24, 2.45) is 0 Å². The minimum atomic E-state index is -0.0214. The van der Waals surface area contributed by atoms with Crippen molar-refractivity contribution in [1.82, 2.24) is 4.98 Å². The number of benzene rings is 2. The predicted octanol–water partition coefficient (Wildman–Crippen LogP) is 6.56. The van der Waals surface area contributed by atoms with Gasteiger partial charge in [0.2, 0.25) is 0 Å². The number of pyridine rings is 1. The van der Waals surface area contributed by atoms with E-state index < -0.39 is 0 Å². The molecule has 0 spiro atoms. The minimum Gasteiger partial charge on any atom is -0.496 e. The number of nitrogens with one attached hydrogen (secondary N) is 1. The van der Waals surface area contributed by atoms with Crippen LogP contribution in [0.2, 0.25) is 0 Å². The highest BCUT2D eigenvalue weighted by Crippen LogP contribution is 2.47. The smallest absolute Gasteiger partial charge is 0.266 e. The first-order valence-electron chi connectivity index (χ1n) is 10.3. The summed E-state index contributed by atoms with van der Waals surface area (Å²) in [5.74, 6) is 0.844. The van der Waals surface area contributed by atoms with Gasteiger partial charge in [-0.25, -0.2) is 0 Å². The molecular formula is C25H25NO2S. The number of fused-ring (bicyclic) bond motifs is 3. The molecule has 1 aliphatic rings. The number of aryl methyl sites for hydroxylation is 1. The SMILES string of the molecule is CCC1(c2ccc(-c3c(OC)cc(C)c4[nH]c(=O)c5sccc5c34)cc2)CCC1. The number of rotatable bonds is 4. The van der Waals surface area contributed by atoms with Crippen LogP contribution in [0.3, 0.4) is 0 Å². The fourth-order valence-corrected chi connectivity index (χ4v) is 5.75. The summed E-state index contributed by atoms with van der Waals surface area (Å²) < 4.78 is 6.57. The van der Waals surface area contributed by atoms with Crippen molar-refractivity contribution in [3.8, 4) is 16.9 Å². The van der Waals surface area contributed by atoms with Crippen LogP contribution in [0.15, 0.2) is 46.6 Å². The lowest BCUT2D eigenvalue weighted by Gasteiger charge is -2.42. The molecule has 0 bridgehead atoms. The van der Waals surface area contributed by atoms with Crippen LogP contribution in [0.25, 0.3) is 32.1 Å². The Morgan fingerprint density at radius 1 is 1.17 bits per heavy atom. The van der Waals surface area contributed by atoms with Crippen molar-refractivity contribution < 1.29 is 4.74 Å². The molecule has 1 aliphatic carbocycles. The number of H-pyrrole nitrogens is 1. The molecule has 5 rings (SSSR count). The summed E-state index contributed by atoms with van der Waals surface area (Å²) in [5.41, 5.74) is 5.88. The molecule has 2 heterocycles. The summed E-state index contributed by atoms with van der Waals surface area (Å²) >= 11 is 1.49. The molecular weight excluding hydrogens is 378 g/mol. The van der Waals surface area contributed by atoms with Crippen LogP contribution in [0.5, 0.6) is 5.75 Å². The highest BCUT2D eigenvalue weighted by molar-refractivity contribution is 7.17. The highest BCUT2D eigenvalue weighted by Gasteiger charge is 2.36. The lowest BCUT2D eigenvalue weighted by molar-refractivity contribution is 0.235. The molecule has 148 valence electrons. The Balaban J connectivity index is 1.79. The summed E-state index contributed by atoms with van der Waals surface area (Å²) in [7, 11) is 1.72. The predicted molar refractivity (Wildman–Crippen MR) is 122 cm³/mol. The second-order valence-electron chi connectivity index (χ2n) is 8.20. The summed E-state index contributed by atoms with van der Waals surface area (Å²) in [6.07, 6.45) is 5.10. The van der Waals surface area contributed by atoms with E-state index in [1.54, 1.807) is 7.11 Å². The van der Waals surface area contributed by atoms with Gasteiger partial charge in [-0.1, -0.05) is 37.6 Å². The Morgan fingerprint density at radius 2 is 1.93 bits per heavy atom. The van der Waals surface area contributed by atoms with Crippen molar-refractivity contribution in [3.05, 3.63) is 63.3 Å². The van der Waals surface area contributed by atoms with Gasteiger partial charge in [0.15, 0.2) is 0 Å². The van der Waals surface area contributed by atoms with E-state index in [0.29, 0.717) is 5.41 Å². The number of aromatic amines is 1. The number of ether oxygens (including phenoxy) is 1. The maximum atomic E-state index is 12.6. The molecule has 3 nitrogen and oxygen atoms in total. The Labute approximate surface area is 174 Å². The van der Waals surface area contributed by atoms with E-state index in [9.17, 15) is 4.79 Å². The lowest BCUT2D eigenvalue weighted by Crippen LogP contribution is -2.33. The van der Waals surface area contributed by atoms with E-state index in [4.69, 9.17) is 4.74 Å². The molecule has 0 saturated heterocycles. The Kier molecular flexibility index (Phi) is 4.28. The molecule has 2 aromatic carbocycles. The van der Waals surface area contributed by atoms with Gasteiger partial charge in [-0.05, 0) is 65.8 Å². The van der Waals surface area contributed by atoms with E-state index in [1.165, 1.54) is 42.6 Å². The van der Waals surface area contributed by atoms with Crippen LogP contribution in [0.4, 0.5) is 0 Å². The zero-order valence-corrected chi connectivity index (χ0v) is 17.9. The molecule has 4 heteroatoms. The Bertz CT molecular complexity index is 1270. The van der Waals surface area contributed by atoms with E-state index in [-0.39, 0.29) is 5.56 Å². The fourth-order valence-electron chi connectivity index (χ4n) is 4.96. The van der Waals surface area contributed by atoms with E-state index in [0.717, 1.165) is 43.4 Å². The highest BCUT2D eigenvalue weighted by atomic mass is 32.1. The summed E-state index contributed by atoms with van der Waals surface area (Å²) in [4.78, 5) is 15.7. The molecule has 0 radical (unpaired) electrons. The van der Waals surface area contributed by atoms with Gasteiger partial charge in [-0.15, -0.1) is 11.3 Å². The normalized spacial score (nSPS) is 15.6. The average Bonchev–Trinajstić information content (AvgIpc) is 3.19. The monoisotopic (exact) mass is 403 g/mol. The van der Waals surface area contributed by atoms with Crippen LogP contribution >= 0.6 is 11.3 Å². The average molecular weight is 404 g/mol. The maximum Gasteiger partial charge on any atom is 0.266 e. The summed E-state index contributed by atoms with van der Waals surface area (Å²) in [6.45, 7) is 4.32. The molecule has 0 atom stereocenters. The first-order valence-corrected chi connectivity index (χ1v) is 11.2. The minimum absolute atomic E-state index is 0.0214. The van der Waals surface area contributed by atoms with Gasteiger partial charge in [0, 0.05) is 16.3 Å². The number of hydrogen-bond donors (Lipinski definition) is 1. The Hall–Kier alpha value is -2.59. The fraction of sp³-hybridized carbons (Fsp3) is 0.320. The van der Waals surface area contributed by atoms with Gasteiger partial charge in [0.05, 0.1) is 12.6 Å². The first kappa shape index (κ1) is 18.4. The summed E-state index contributed by atoms with van der Waals surface area (Å²) in [5, 5.41) is 4.06. The molecule has 0 aliphatic heterocycles. The molecule has 1 N–H and O–H groups in total. The van der Waals surface area contributed by atoms with E-state index in [1.807, 2.05) is 18.4 Å². The van der Waals surface area contributed by atoms with Crippen LogP contribution in [0.1, 0.15) is 43.7 Å². The third-order valence-electron chi connectivity index (χ3n) is 6.86. The Morgan fingerprint density at radius 3 is 2.55 bits per heavy atom. The van der Waals surface area contributed by atoms with E-state index >= 15 is 0 Å². The van der Waals surface area contributed by atoms with Crippen LogP contribution in [0, 0.1) is 6.92 Å². The number of hydrogen-bond acceptors (Lipinski definition) is 3. The van der Waals surface area contributed by atoms with Gasteiger partial charge < -0.3 is 9.72 Å². The van der Waals surface area contributed by atoms with Crippen LogP contribution in [-0.2, 0) is 5.41 Å². The molecule has 1 fully saturated rings.